The molecule has 0 unspecified atom stereocenters. The Bertz CT molecular complexity index is 3800. The molecule has 0 atom stereocenters. The van der Waals surface area contributed by atoms with Crippen molar-refractivity contribution in [3.63, 3.8) is 0 Å². The zero-order valence-electron chi connectivity index (χ0n) is 57.1. The summed E-state index contributed by atoms with van der Waals surface area (Å²) in [6, 6.07) is 81.6. The van der Waals surface area contributed by atoms with Crippen LogP contribution in [0.5, 0.6) is 0 Å². The monoisotopic (exact) mass is 1690 g/mol. The van der Waals surface area contributed by atoms with Gasteiger partial charge < -0.3 is 33.3 Å². The van der Waals surface area contributed by atoms with E-state index in [1.807, 2.05) is 134 Å². The average Bonchev–Trinajstić information content (AvgIpc) is 1.65. The second-order valence-electron chi connectivity index (χ2n) is 26.2. The first kappa shape index (κ1) is 76.3. The summed E-state index contributed by atoms with van der Waals surface area (Å²) in [6.45, 7) is 22.3. The fourth-order valence-electron chi connectivity index (χ4n) is 10.9. The minimum absolute atomic E-state index is 0.277. The Morgan fingerprint density at radius 1 is 0.327 bits per heavy atom. The molecule has 16 heteroatoms. The summed E-state index contributed by atoms with van der Waals surface area (Å²) in [5.74, 6) is -0.277. The fraction of sp³-hybridized carbons (Fsp3) is 0.244. The molecule has 0 amide bonds. The molecule has 10 aromatic carbocycles. The van der Waals surface area contributed by atoms with Crippen molar-refractivity contribution in [2.75, 3.05) is 14.7 Å². The molecule has 10 aromatic rings. The molecule has 2 aliphatic heterocycles. The van der Waals surface area contributed by atoms with E-state index in [2.05, 4.69) is 269 Å². The number of anilines is 9. The van der Waals surface area contributed by atoms with Crippen molar-refractivity contribution in [2.45, 2.75) is 130 Å². The highest BCUT2D eigenvalue weighted by molar-refractivity contribution is 9.11. The van der Waals surface area contributed by atoms with Crippen molar-refractivity contribution in [1.29, 1.82) is 0 Å². The van der Waals surface area contributed by atoms with Gasteiger partial charge in [-0.1, -0.05) is 196 Å². The highest BCUT2D eigenvalue weighted by atomic mass is 79.9. The number of benzene rings is 10. The van der Waals surface area contributed by atoms with Crippen LogP contribution < -0.4 is 25.6 Å². The van der Waals surface area contributed by atoms with Gasteiger partial charge in [0.15, 0.2) is 0 Å². The van der Waals surface area contributed by atoms with Gasteiger partial charge in [-0.05, 0) is 284 Å². The molecule has 506 valence electrons. The zero-order chi connectivity index (χ0) is 70.2. The van der Waals surface area contributed by atoms with Gasteiger partial charge in [0.25, 0.3) is 0 Å². The molecule has 12 rings (SSSR count). The van der Waals surface area contributed by atoms with E-state index < -0.39 is 36.6 Å². The molecule has 2 aliphatic rings. The van der Waals surface area contributed by atoms with Gasteiger partial charge in [-0.25, -0.2) is 4.39 Å². The molecule has 2 saturated heterocycles. The van der Waals surface area contributed by atoms with E-state index in [-0.39, 0.29) is 5.82 Å². The topological polar surface area (TPSA) is 46.6 Å². The van der Waals surface area contributed by atoms with Crippen LogP contribution >= 0.6 is 95.6 Å². The first-order valence-corrected chi connectivity index (χ1v) is 37.9. The lowest BCUT2D eigenvalue weighted by molar-refractivity contribution is 0.00578. The Hall–Kier alpha value is -5.88. The Kier molecular flexibility index (Phi) is 27.4. The number of nitrogens with zero attached hydrogens (tertiary/aromatic N) is 3. The van der Waals surface area contributed by atoms with E-state index in [9.17, 15) is 4.39 Å². The van der Waals surface area contributed by atoms with E-state index in [1.165, 1.54) is 67.1 Å². The third-order valence-electron chi connectivity index (χ3n) is 18.0. The molecule has 0 N–H and O–H groups in total. The molecular formula is C82H84B2Br6FN3O4. The van der Waals surface area contributed by atoms with Gasteiger partial charge in [0, 0.05) is 78.0 Å². The minimum Gasteiger partial charge on any atom is -0.399 e. The molecule has 2 heterocycles. The van der Waals surface area contributed by atoms with Crippen LogP contribution in [0, 0.1) is 5.82 Å². The second kappa shape index (κ2) is 35.1. The first-order valence-electron chi connectivity index (χ1n) is 33.1. The summed E-state index contributed by atoms with van der Waals surface area (Å²) in [5.41, 5.74) is 12.1. The first-order chi connectivity index (χ1) is 46.8. The molecule has 0 spiro atoms. The van der Waals surface area contributed by atoms with Crippen LogP contribution in [0.1, 0.15) is 112 Å². The predicted molar refractivity (Wildman–Crippen MR) is 435 cm³/mol. The SMILES string of the molecule is Brc1ccc(N(c2ccc(Br)cc2)c2ccc(N(c3ccc(Br)cc3)c3ccc(Br)cc3)cc2)cc1.C=Cc1ccc(Br)cc1.CC1(C)OB(c2ccc(N(c3ccc(F)cc3)c3ccc(B4OC(C)(C)C(C)(C)O4)cc3)cc2)OC1(C)C.CCCCCCCCc1ccc(Br)cc1. The molecule has 0 bridgehead atoms. The lowest BCUT2D eigenvalue weighted by Crippen LogP contribution is -2.41. The number of hydrogen-bond donors (Lipinski definition) is 0. The van der Waals surface area contributed by atoms with Crippen molar-refractivity contribution in [3.05, 3.63) is 293 Å². The van der Waals surface area contributed by atoms with E-state index in [1.54, 1.807) is 12.1 Å². The van der Waals surface area contributed by atoms with Crippen molar-refractivity contribution < 1.29 is 23.0 Å². The van der Waals surface area contributed by atoms with Crippen molar-refractivity contribution in [2.24, 2.45) is 0 Å². The van der Waals surface area contributed by atoms with Gasteiger partial charge in [0.05, 0.1) is 22.4 Å². The molecule has 7 nitrogen and oxygen atoms in total. The molecular weight excluding hydrogens is 1610 g/mol. The largest absolute Gasteiger partial charge is 0.494 e. The van der Waals surface area contributed by atoms with E-state index >= 15 is 0 Å². The highest BCUT2D eigenvalue weighted by Crippen LogP contribution is 2.43. The average molecular weight is 1700 g/mol. The maximum absolute atomic E-state index is 13.8. The summed E-state index contributed by atoms with van der Waals surface area (Å²) < 4.78 is 45.2. The zero-order valence-corrected chi connectivity index (χ0v) is 66.6. The minimum atomic E-state index is -0.437. The fourth-order valence-corrected chi connectivity index (χ4v) is 12.5. The lowest BCUT2D eigenvalue weighted by Gasteiger charge is -2.32. The Morgan fingerprint density at radius 2 is 0.551 bits per heavy atom. The number of hydrogen-bond acceptors (Lipinski definition) is 7. The summed E-state index contributed by atoms with van der Waals surface area (Å²) >= 11 is 21.0. The number of aryl methyl sites for hydroxylation is 1. The Labute approximate surface area is 632 Å². The third-order valence-corrected chi connectivity index (χ3v) is 21.2. The maximum Gasteiger partial charge on any atom is 0.494 e. The van der Waals surface area contributed by atoms with E-state index in [0.29, 0.717) is 0 Å². The molecule has 0 saturated carbocycles. The summed E-state index contributed by atoms with van der Waals surface area (Å²) in [6.07, 6.45) is 11.3. The van der Waals surface area contributed by atoms with Crippen LogP contribution in [0.15, 0.2) is 276 Å². The van der Waals surface area contributed by atoms with Crippen molar-refractivity contribution in [1.82, 2.24) is 0 Å². The van der Waals surface area contributed by atoms with Crippen LogP contribution in [0.3, 0.4) is 0 Å². The summed E-state index contributed by atoms with van der Waals surface area (Å²) in [5, 5.41) is 0. The van der Waals surface area contributed by atoms with Crippen LogP contribution in [-0.4, -0.2) is 36.6 Å². The summed E-state index contributed by atoms with van der Waals surface area (Å²) in [4.78, 5) is 6.60. The lowest BCUT2D eigenvalue weighted by atomic mass is 9.79. The van der Waals surface area contributed by atoms with Crippen molar-refractivity contribution in [3.8, 4) is 0 Å². The number of unbranched alkanes of at least 4 members (excludes halogenated alkanes) is 5. The summed E-state index contributed by atoms with van der Waals surface area (Å²) in [7, 11) is -0.875. The smallest absolute Gasteiger partial charge is 0.399 e. The van der Waals surface area contributed by atoms with Crippen LogP contribution in [0.2, 0.25) is 0 Å². The third kappa shape index (κ3) is 20.7. The normalized spacial score (nSPS) is 14.6. The van der Waals surface area contributed by atoms with Crippen LogP contribution in [0.4, 0.5) is 55.6 Å². The molecule has 0 aromatic heterocycles. The Morgan fingerprint density at radius 3 is 0.827 bits per heavy atom. The van der Waals surface area contributed by atoms with Gasteiger partial charge in [-0.15, -0.1) is 0 Å². The second-order valence-corrected chi connectivity index (χ2v) is 31.7. The number of rotatable bonds is 19. The standard InChI is InChI=1S/C30H36B2FNO4.C30H20Br4N2.C14H21Br.C8H7Br/c1-27(2)28(3,4)36-31(35-27)21-9-15-24(16-10-21)34(26-19-13-23(33)14-20-26)25-17-11-22(12-18-25)32-37-29(5,6)30(7,8)38-32;31-21-1-9-25(10-2-21)35(26-11-3-22(32)4-12-26)29-17-19-30(20-18-29)36(27-13-5-23(33)6-14-27)28-15-7-24(34)8-16-28;1-2-3-4-5-6-7-8-13-9-11-14(15)12-10-13;1-2-7-3-5-8(9)6-4-7/h9-20H,1-8H3;1-20H;9-12H,2-8H2,1H3;2-6H,1H2. The van der Waals surface area contributed by atoms with Gasteiger partial charge >= 0.3 is 14.2 Å². The maximum atomic E-state index is 13.8. The van der Waals surface area contributed by atoms with Gasteiger partial charge in [-0.3, -0.25) is 0 Å². The quantitative estimate of drug-likeness (QED) is 0.0590. The van der Waals surface area contributed by atoms with Crippen molar-refractivity contribution >= 4 is 178 Å². The Balaban J connectivity index is 0.000000172. The van der Waals surface area contributed by atoms with E-state index in [4.69, 9.17) is 18.6 Å². The van der Waals surface area contributed by atoms with E-state index in [0.717, 1.165) is 90.0 Å². The molecule has 98 heavy (non-hydrogen) atoms. The van der Waals surface area contributed by atoms with Crippen LogP contribution in [-0.2, 0) is 25.0 Å². The van der Waals surface area contributed by atoms with Gasteiger partial charge in [0.2, 0.25) is 0 Å². The number of halogens is 7. The van der Waals surface area contributed by atoms with Crippen LogP contribution in [0.25, 0.3) is 6.08 Å². The molecule has 0 radical (unpaired) electrons. The van der Waals surface area contributed by atoms with Gasteiger partial charge in [0.1, 0.15) is 5.82 Å². The molecule has 2 fully saturated rings. The predicted octanol–water partition coefficient (Wildman–Crippen LogP) is 26.0. The highest BCUT2D eigenvalue weighted by Gasteiger charge is 2.53. The molecule has 0 aliphatic carbocycles. The van der Waals surface area contributed by atoms with Gasteiger partial charge in [-0.2, -0.15) is 0 Å².